The summed E-state index contributed by atoms with van der Waals surface area (Å²) in [6.45, 7) is 0. The van der Waals surface area contributed by atoms with Crippen molar-refractivity contribution in [2.24, 2.45) is 0 Å². The van der Waals surface area contributed by atoms with Crippen LogP contribution in [-0.4, -0.2) is 25.8 Å². The predicted octanol–water partition coefficient (Wildman–Crippen LogP) is 1.11. The van der Waals surface area contributed by atoms with Crippen LogP contribution in [0, 0.1) is 0 Å². The number of carbonyl (C=O) groups is 2. The molecule has 1 aromatic rings. The van der Waals surface area contributed by atoms with E-state index in [9.17, 15) is 9.59 Å². The van der Waals surface area contributed by atoms with Crippen molar-refractivity contribution < 1.29 is 14.3 Å². The SMILES string of the molecule is CNC(=O)C1CC(=O)c2cc(OC)ccc21. The second kappa shape index (κ2) is 3.96. The topological polar surface area (TPSA) is 55.4 Å². The molecule has 0 saturated carbocycles. The predicted molar refractivity (Wildman–Crippen MR) is 58.7 cm³/mol. The van der Waals surface area contributed by atoms with E-state index in [4.69, 9.17) is 4.74 Å². The van der Waals surface area contributed by atoms with Crippen LogP contribution in [0.3, 0.4) is 0 Å². The standard InChI is InChI=1S/C12H13NO3/c1-13-12(15)10-6-11(14)9-5-7(16-2)3-4-8(9)10/h3-5,10H,6H2,1-2H3,(H,13,15). The Morgan fingerprint density at radius 2 is 2.25 bits per heavy atom. The zero-order valence-corrected chi connectivity index (χ0v) is 9.24. The van der Waals surface area contributed by atoms with Crippen LogP contribution in [0.2, 0.25) is 0 Å². The van der Waals surface area contributed by atoms with Gasteiger partial charge in [0.05, 0.1) is 13.0 Å². The lowest BCUT2D eigenvalue weighted by atomic mass is 10.0. The largest absolute Gasteiger partial charge is 0.497 e. The van der Waals surface area contributed by atoms with E-state index in [1.165, 1.54) is 0 Å². The molecule has 0 fully saturated rings. The highest BCUT2D eigenvalue weighted by atomic mass is 16.5. The molecule has 0 spiro atoms. The molecule has 2 rings (SSSR count). The molecule has 0 heterocycles. The Kier molecular flexibility index (Phi) is 2.64. The fourth-order valence-corrected chi connectivity index (χ4v) is 2.02. The number of likely N-dealkylation sites (N-methyl/N-ethyl adjacent to an activating group) is 1. The molecule has 0 bridgehead atoms. The van der Waals surface area contributed by atoms with Crippen LogP contribution in [0.4, 0.5) is 0 Å². The molecule has 1 aromatic carbocycles. The van der Waals surface area contributed by atoms with Crippen molar-refractivity contribution in [3.63, 3.8) is 0 Å². The van der Waals surface area contributed by atoms with Crippen molar-refractivity contribution in [3.8, 4) is 5.75 Å². The fourth-order valence-electron chi connectivity index (χ4n) is 2.02. The number of hydrogen-bond acceptors (Lipinski definition) is 3. The van der Waals surface area contributed by atoms with Gasteiger partial charge in [-0.1, -0.05) is 6.07 Å². The summed E-state index contributed by atoms with van der Waals surface area (Å²) in [4.78, 5) is 23.3. The molecule has 1 N–H and O–H groups in total. The van der Waals surface area contributed by atoms with E-state index >= 15 is 0 Å². The first kappa shape index (κ1) is 10.7. The van der Waals surface area contributed by atoms with E-state index in [0.717, 1.165) is 5.56 Å². The van der Waals surface area contributed by atoms with Crippen molar-refractivity contribution in [1.29, 1.82) is 0 Å². The van der Waals surface area contributed by atoms with E-state index in [1.807, 2.05) is 0 Å². The van der Waals surface area contributed by atoms with Gasteiger partial charge in [0.2, 0.25) is 5.91 Å². The van der Waals surface area contributed by atoms with Crippen LogP contribution in [0.15, 0.2) is 18.2 Å². The van der Waals surface area contributed by atoms with Gasteiger partial charge in [-0.25, -0.2) is 0 Å². The maximum Gasteiger partial charge on any atom is 0.227 e. The Hall–Kier alpha value is -1.84. The molecule has 0 aromatic heterocycles. The van der Waals surface area contributed by atoms with Crippen LogP contribution in [0.25, 0.3) is 0 Å². The summed E-state index contributed by atoms with van der Waals surface area (Å²) in [6, 6.07) is 5.26. The van der Waals surface area contributed by atoms with Gasteiger partial charge in [0.1, 0.15) is 5.75 Å². The number of benzene rings is 1. The average Bonchev–Trinajstić information content (AvgIpc) is 2.65. The van der Waals surface area contributed by atoms with Crippen molar-refractivity contribution >= 4 is 11.7 Å². The number of ether oxygens (including phenoxy) is 1. The van der Waals surface area contributed by atoms with Crippen molar-refractivity contribution in [2.45, 2.75) is 12.3 Å². The molecule has 1 aliphatic rings. The van der Waals surface area contributed by atoms with Gasteiger partial charge in [-0.2, -0.15) is 0 Å². The highest BCUT2D eigenvalue weighted by molar-refractivity contribution is 6.06. The number of amides is 1. The molecule has 1 atom stereocenters. The Balaban J connectivity index is 2.43. The minimum absolute atomic E-state index is 0.00231. The minimum atomic E-state index is -0.349. The van der Waals surface area contributed by atoms with E-state index < -0.39 is 0 Å². The molecule has 0 saturated heterocycles. The van der Waals surface area contributed by atoms with Crippen LogP contribution >= 0.6 is 0 Å². The van der Waals surface area contributed by atoms with Crippen LogP contribution in [0.5, 0.6) is 5.75 Å². The Morgan fingerprint density at radius 1 is 1.50 bits per heavy atom. The number of ketones is 1. The number of fused-ring (bicyclic) bond motifs is 1. The summed E-state index contributed by atoms with van der Waals surface area (Å²) in [6.07, 6.45) is 0.252. The number of hydrogen-bond donors (Lipinski definition) is 1. The van der Waals surface area contributed by atoms with Crippen molar-refractivity contribution in [1.82, 2.24) is 5.32 Å². The molecule has 0 radical (unpaired) electrons. The van der Waals surface area contributed by atoms with Gasteiger partial charge in [0.15, 0.2) is 5.78 Å². The van der Waals surface area contributed by atoms with E-state index in [2.05, 4.69) is 5.32 Å². The third-order valence-corrected chi connectivity index (χ3v) is 2.89. The summed E-state index contributed by atoms with van der Waals surface area (Å²) in [5.41, 5.74) is 1.40. The zero-order valence-electron chi connectivity index (χ0n) is 9.24. The summed E-state index contributed by atoms with van der Waals surface area (Å²) in [5, 5.41) is 2.57. The van der Waals surface area contributed by atoms with Gasteiger partial charge >= 0.3 is 0 Å². The second-order valence-corrected chi connectivity index (χ2v) is 3.75. The zero-order chi connectivity index (χ0) is 11.7. The van der Waals surface area contributed by atoms with Crippen molar-refractivity contribution in [3.05, 3.63) is 29.3 Å². The quantitative estimate of drug-likeness (QED) is 0.810. The molecule has 1 unspecified atom stereocenters. The average molecular weight is 219 g/mol. The van der Waals surface area contributed by atoms with Gasteiger partial charge in [0, 0.05) is 19.0 Å². The first-order valence-corrected chi connectivity index (χ1v) is 5.10. The van der Waals surface area contributed by atoms with Gasteiger partial charge in [-0.15, -0.1) is 0 Å². The monoisotopic (exact) mass is 219 g/mol. The van der Waals surface area contributed by atoms with E-state index in [-0.39, 0.29) is 24.0 Å². The normalized spacial score (nSPS) is 18.1. The highest BCUT2D eigenvalue weighted by Gasteiger charge is 2.33. The molecule has 0 aliphatic heterocycles. The van der Waals surface area contributed by atoms with E-state index in [1.54, 1.807) is 32.4 Å². The molecule has 16 heavy (non-hydrogen) atoms. The third-order valence-electron chi connectivity index (χ3n) is 2.89. The van der Waals surface area contributed by atoms with Gasteiger partial charge < -0.3 is 10.1 Å². The van der Waals surface area contributed by atoms with Crippen molar-refractivity contribution in [2.75, 3.05) is 14.2 Å². The number of rotatable bonds is 2. The minimum Gasteiger partial charge on any atom is -0.497 e. The Morgan fingerprint density at radius 3 is 2.88 bits per heavy atom. The molecule has 1 amide bonds. The third kappa shape index (κ3) is 1.56. The number of Topliss-reactive ketones (excluding diaryl/α,β-unsaturated/α-hetero) is 1. The molecule has 1 aliphatic carbocycles. The number of methoxy groups -OCH3 is 1. The molecule has 4 nitrogen and oxygen atoms in total. The smallest absolute Gasteiger partial charge is 0.227 e. The number of nitrogens with one attached hydrogen (secondary N) is 1. The second-order valence-electron chi connectivity index (χ2n) is 3.75. The highest BCUT2D eigenvalue weighted by Crippen LogP contribution is 2.35. The summed E-state index contributed by atoms with van der Waals surface area (Å²) >= 11 is 0. The molecule has 4 heteroatoms. The lowest BCUT2D eigenvalue weighted by Gasteiger charge is -2.09. The van der Waals surface area contributed by atoms with E-state index in [0.29, 0.717) is 11.3 Å². The lowest BCUT2D eigenvalue weighted by molar-refractivity contribution is -0.121. The van der Waals surface area contributed by atoms with Gasteiger partial charge in [-0.3, -0.25) is 9.59 Å². The van der Waals surface area contributed by atoms with Crippen LogP contribution in [0.1, 0.15) is 28.3 Å². The lowest BCUT2D eigenvalue weighted by Crippen LogP contribution is -2.24. The molecular formula is C12H13NO3. The summed E-state index contributed by atoms with van der Waals surface area (Å²) in [5.74, 6) is 0.183. The molecular weight excluding hydrogens is 206 g/mol. The summed E-state index contributed by atoms with van der Waals surface area (Å²) < 4.78 is 5.06. The van der Waals surface area contributed by atoms with Gasteiger partial charge in [0.25, 0.3) is 0 Å². The van der Waals surface area contributed by atoms with Crippen LogP contribution < -0.4 is 10.1 Å². The molecule has 84 valence electrons. The number of carbonyl (C=O) groups excluding carboxylic acids is 2. The Bertz CT molecular complexity index is 454. The van der Waals surface area contributed by atoms with Gasteiger partial charge in [-0.05, 0) is 17.7 Å². The Labute approximate surface area is 93.6 Å². The maximum atomic E-state index is 11.7. The maximum absolute atomic E-state index is 11.7. The first-order chi connectivity index (χ1) is 7.67. The first-order valence-electron chi connectivity index (χ1n) is 5.10. The van der Waals surface area contributed by atoms with Crippen LogP contribution in [-0.2, 0) is 4.79 Å². The fraction of sp³-hybridized carbons (Fsp3) is 0.333. The summed E-state index contributed by atoms with van der Waals surface area (Å²) in [7, 11) is 3.13.